The molecule has 0 aromatic heterocycles. The summed E-state index contributed by atoms with van der Waals surface area (Å²) >= 11 is 8.17. The summed E-state index contributed by atoms with van der Waals surface area (Å²) in [5.41, 5.74) is 8.26. The van der Waals surface area contributed by atoms with Crippen molar-refractivity contribution >= 4 is 23.4 Å². The minimum absolute atomic E-state index is 0.0188. The smallest absolute Gasteiger partial charge is 0.137 e. The van der Waals surface area contributed by atoms with E-state index >= 15 is 0 Å². The third-order valence-electron chi connectivity index (χ3n) is 3.72. The van der Waals surface area contributed by atoms with Crippen LogP contribution in [0.15, 0.2) is 47.4 Å². The van der Waals surface area contributed by atoms with Gasteiger partial charge in [0.1, 0.15) is 5.75 Å². The van der Waals surface area contributed by atoms with Crippen LogP contribution >= 0.6 is 23.4 Å². The number of rotatable bonds is 4. The van der Waals surface area contributed by atoms with Crippen LogP contribution in [0.3, 0.4) is 0 Å². The van der Waals surface area contributed by atoms with Gasteiger partial charge in [0.15, 0.2) is 0 Å². The molecular weight excluding hydrogens is 302 g/mol. The Kier molecular flexibility index (Phi) is 4.43. The van der Waals surface area contributed by atoms with Gasteiger partial charge in [0.2, 0.25) is 0 Å². The van der Waals surface area contributed by atoms with E-state index < -0.39 is 0 Å². The van der Waals surface area contributed by atoms with Crippen LogP contribution in [0.4, 0.5) is 0 Å². The Morgan fingerprint density at radius 1 is 1.33 bits per heavy atom. The number of halogens is 1. The number of ether oxygens (including phenoxy) is 1. The Morgan fingerprint density at radius 3 is 2.90 bits per heavy atom. The third-order valence-corrected chi connectivity index (χ3v) is 5.27. The lowest BCUT2D eigenvalue weighted by molar-refractivity contribution is 0.298. The number of hydrogen-bond donors (Lipinski definition) is 1. The van der Waals surface area contributed by atoms with Crippen LogP contribution in [0, 0.1) is 0 Å². The van der Waals surface area contributed by atoms with Gasteiger partial charge in [0.05, 0.1) is 11.6 Å². The molecule has 2 aromatic carbocycles. The summed E-state index contributed by atoms with van der Waals surface area (Å²) in [6.45, 7) is 2.60. The van der Waals surface area contributed by atoms with Crippen molar-refractivity contribution in [3.8, 4) is 5.75 Å². The van der Waals surface area contributed by atoms with E-state index in [0.717, 1.165) is 17.1 Å². The van der Waals surface area contributed by atoms with Crippen LogP contribution in [0.25, 0.3) is 0 Å². The van der Waals surface area contributed by atoms with Gasteiger partial charge < -0.3 is 10.5 Å². The first kappa shape index (κ1) is 14.8. The highest BCUT2D eigenvalue weighted by Gasteiger charge is 2.23. The summed E-state index contributed by atoms with van der Waals surface area (Å²) in [5, 5.41) is 0.628. The maximum absolute atomic E-state index is 6.27. The minimum atomic E-state index is -0.0188. The number of nitrogens with two attached hydrogens (primary N) is 1. The van der Waals surface area contributed by atoms with Crippen LogP contribution in [-0.4, -0.2) is 12.4 Å². The number of hydrogen-bond acceptors (Lipinski definition) is 3. The monoisotopic (exact) mass is 319 g/mol. The maximum atomic E-state index is 6.27. The van der Waals surface area contributed by atoms with Gasteiger partial charge >= 0.3 is 0 Å². The zero-order chi connectivity index (χ0) is 14.8. The van der Waals surface area contributed by atoms with Gasteiger partial charge in [-0.2, -0.15) is 0 Å². The zero-order valence-electron chi connectivity index (χ0n) is 11.9. The lowest BCUT2D eigenvalue weighted by Crippen LogP contribution is -2.10. The van der Waals surface area contributed by atoms with Crippen molar-refractivity contribution in [2.24, 2.45) is 5.73 Å². The Hall–Kier alpha value is -1.16. The molecule has 21 heavy (non-hydrogen) atoms. The second-order valence-electron chi connectivity index (χ2n) is 5.34. The van der Waals surface area contributed by atoms with Crippen molar-refractivity contribution in [1.29, 1.82) is 0 Å². The molecule has 0 radical (unpaired) electrons. The maximum Gasteiger partial charge on any atom is 0.137 e. The third kappa shape index (κ3) is 3.20. The first-order valence-corrected chi connectivity index (χ1v) is 8.41. The van der Waals surface area contributed by atoms with Gasteiger partial charge in [-0.25, -0.2) is 0 Å². The molecule has 4 heteroatoms. The highest BCUT2D eigenvalue weighted by atomic mass is 35.5. The van der Waals surface area contributed by atoms with E-state index in [9.17, 15) is 0 Å². The topological polar surface area (TPSA) is 35.2 Å². The van der Waals surface area contributed by atoms with Crippen LogP contribution < -0.4 is 10.5 Å². The second-order valence-corrected chi connectivity index (χ2v) is 6.80. The van der Waals surface area contributed by atoms with E-state index in [-0.39, 0.29) is 6.04 Å². The first-order chi connectivity index (χ1) is 10.1. The molecule has 2 N–H and O–H groups in total. The summed E-state index contributed by atoms with van der Waals surface area (Å²) < 4.78 is 5.93. The highest BCUT2D eigenvalue weighted by Crippen LogP contribution is 2.39. The summed E-state index contributed by atoms with van der Waals surface area (Å²) in [5.74, 6) is 2.22. The molecular formula is C17H18ClNOS. The van der Waals surface area contributed by atoms with Crippen molar-refractivity contribution in [2.75, 3.05) is 12.4 Å². The lowest BCUT2D eigenvalue weighted by atomic mass is 10.0. The van der Waals surface area contributed by atoms with Crippen LogP contribution in [-0.2, 0) is 0 Å². The molecule has 110 valence electrons. The van der Waals surface area contributed by atoms with E-state index in [2.05, 4.69) is 24.3 Å². The fourth-order valence-electron chi connectivity index (χ4n) is 2.48. The predicted molar refractivity (Wildman–Crippen MR) is 89.5 cm³/mol. The van der Waals surface area contributed by atoms with Gasteiger partial charge in [0, 0.05) is 22.6 Å². The minimum Gasteiger partial charge on any atom is -0.491 e. The van der Waals surface area contributed by atoms with Crippen molar-refractivity contribution < 1.29 is 4.74 Å². The SMILES string of the molecule is C[C@@H](N)c1ccc(OCC2CSc3ccccc32)c(Cl)c1. The Labute approximate surface area is 134 Å². The van der Waals surface area contributed by atoms with Gasteiger partial charge in [-0.15, -0.1) is 11.8 Å². The molecule has 0 aliphatic carbocycles. The standard InChI is InChI=1S/C17H18ClNOS/c1-11(19)12-6-7-16(15(18)8-12)20-9-13-10-21-17-5-3-2-4-14(13)17/h2-8,11,13H,9-10,19H2,1H3/t11-,13?/m1/s1. The highest BCUT2D eigenvalue weighted by molar-refractivity contribution is 7.99. The predicted octanol–water partition coefficient (Wildman–Crippen LogP) is 4.63. The fourth-order valence-corrected chi connectivity index (χ4v) is 3.95. The van der Waals surface area contributed by atoms with Crippen molar-refractivity contribution in [3.05, 3.63) is 58.6 Å². The number of benzene rings is 2. The Bertz CT molecular complexity index is 644. The average Bonchev–Trinajstić information content (AvgIpc) is 2.89. The van der Waals surface area contributed by atoms with Crippen molar-refractivity contribution in [3.63, 3.8) is 0 Å². The number of thioether (sulfide) groups is 1. The molecule has 3 rings (SSSR count). The number of fused-ring (bicyclic) bond motifs is 1. The zero-order valence-corrected chi connectivity index (χ0v) is 13.5. The van der Waals surface area contributed by atoms with Crippen LogP contribution in [0.5, 0.6) is 5.75 Å². The first-order valence-electron chi connectivity index (χ1n) is 7.04. The van der Waals surface area contributed by atoms with Gasteiger partial charge in [-0.05, 0) is 36.2 Å². The molecule has 0 saturated carbocycles. The Morgan fingerprint density at radius 2 is 2.14 bits per heavy atom. The quantitative estimate of drug-likeness (QED) is 0.892. The molecule has 0 amide bonds. The molecule has 1 aliphatic heterocycles. The summed E-state index contributed by atoms with van der Waals surface area (Å²) in [6.07, 6.45) is 0. The summed E-state index contributed by atoms with van der Waals surface area (Å²) in [4.78, 5) is 1.37. The molecule has 1 aliphatic rings. The lowest BCUT2D eigenvalue weighted by Gasteiger charge is -2.15. The van der Waals surface area contributed by atoms with E-state index in [1.165, 1.54) is 10.5 Å². The summed E-state index contributed by atoms with van der Waals surface area (Å²) in [6, 6.07) is 14.3. The van der Waals surface area contributed by atoms with Crippen molar-refractivity contribution in [2.45, 2.75) is 23.8 Å². The molecule has 1 unspecified atom stereocenters. The van der Waals surface area contributed by atoms with E-state index in [1.807, 2.05) is 36.9 Å². The molecule has 2 atom stereocenters. The van der Waals surface area contributed by atoms with E-state index in [0.29, 0.717) is 17.5 Å². The van der Waals surface area contributed by atoms with E-state index in [1.54, 1.807) is 0 Å². The second kappa shape index (κ2) is 6.30. The van der Waals surface area contributed by atoms with Crippen molar-refractivity contribution in [1.82, 2.24) is 0 Å². The molecule has 1 heterocycles. The molecule has 2 aromatic rings. The van der Waals surface area contributed by atoms with Gasteiger partial charge in [-0.1, -0.05) is 35.9 Å². The normalized spacial score (nSPS) is 18.3. The molecule has 0 spiro atoms. The Balaban J connectivity index is 1.69. The fraction of sp³-hybridized carbons (Fsp3) is 0.294. The largest absolute Gasteiger partial charge is 0.491 e. The van der Waals surface area contributed by atoms with Gasteiger partial charge in [-0.3, -0.25) is 0 Å². The molecule has 2 nitrogen and oxygen atoms in total. The molecule has 0 bridgehead atoms. The summed E-state index contributed by atoms with van der Waals surface area (Å²) in [7, 11) is 0. The van der Waals surface area contributed by atoms with Crippen LogP contribution in [0.1, 0.15) is 30.0 Å². The average molecular weight is 320 g/mol. The molecule has 0 fully saturated rings. The van der Waals surface area contributed by atoms with E-state index in [4.69, 9.17) is 22.1 Å². The van der Waals surface area contributed by atoms with Crippen LogP contribution in [0.2, 0.25) is 5.02 Å². The van der Waals surface area contributed by atoms with Gasteiger partial charge in [0.25, 0.3) is 0 Å². The molecule has 0 saturated heterocycles.